The zero-order valence-corrected chi connectivity index (χ0v) is 24.7. The minimum atomic E-state index is -1.44. The van der Waals surface area contributed by atoms with Crippen LogP contribution in [0.4, 0.5) is 5.69 Å². The molecule has 1 saturated heterocycles. The fourth-order valence-corrected chi connectivity index (χ4v) is 5.89. The summed E-state index contributed by atoms with van der Waals surface area (Å²) in [6, 6.07) is 1.56. The molecule has 0 aromatic heterocycles. The fraction of sp³-hybridized carbons (Fsp3) is 0.464. The van der Waals surface area contributed by atoms with E-state index in [1.54, 1.807) is 12.1 Å². The summed E-state index contributed by atoms with van der Waals surface area (Å²) in [5.74, 6) is -2.37. The number of halogens is 2. The maximum Gasteiger partial charge on any atom is 0.303 e. The Bertz CT molecular complexity index is 1380. The highest BCUT2D eigenvalue weighted by Crippen LogP contribution is 2.52. The standard InChI is InChI=1S/C28H29Cl2NO10/c1-12(32)37-24-20(11-36-6)40-27(26(39-14(3)34)25(24)38-13(2)33)41-23-17(29)10-19-21(22(23)30)28(4,5)16-9-15(35)7-8-18(16)31-19/h7-10,20,24-27H,11H2,1-6H3/t20-,24+,25+,26-,27+/m1/s1. The van der Waals surface area contributed by atoms with Crippen LogP contribution < -0.4 is 4.74 Å². The molecule has 0 amide bonds. The Morgan fingerprint density at radius 3 is 2.20 bits per heavy atom. The van der Waals surface area contributed by atoms with Gasteiger partial charge in [0, 0.05) is 38.9 Å². The molecule has 2 heterocycles. The second-order valence-electron chi connectivity index (χ2n) is 10.1. The minimum absolute atomic E-state index is 0.0251. The monoisotopic (exact) mass is 609 g/mol. The van der Waals surface area contributed by atoms with Gasteiger partial charge in [0.1, 0.15) is 6.10 Å². The van der Waals surface area contributed by atoms with Crippen molar-refractivity contribution in [3.05, 3.63) is 45.5 Å². The third-order valence-corrected chi connectivity index (χ3v) is 7.37. The first kappa shape index (κ1) is 30.7. The van der Waals surface area contributed by atoms with Gasteiger partial charge in [0.2, 0.25) is 12.4 Å². The summed E-state index contributed by atoms with van der Waals surface area (Å²) in [6.07, 6.45) is -1.81. The van der Waals surface area contributed by atoms with E-state index in [0.29, 0.717) is 22.5 Å². The van der Waals surface area contributed by atoms with Gasteiger partial charge in [-0.1, -0.05) is 37.0 Å². The molecule has 11 nitrogen and oxygen atoms in total. The predicted molar refractivity (Wildman–Crippen MR) is 147 cm³/mol. The number of rotatable bonds is 7. The third kappa shape index (κ3) is 6.18. The molecule has 3 aliphatic rings. The number of hydrogen-bond acceptors (Lipinski definition) is 11. The number of carbonyl (C=O) groups excluding carboxylic acids is 4. The number of ketones is 1. The van der Waals surface area contributed by atoms with Crippen LogP contribution in [-0.2, 0) is 48.3 Å². The Kier molecular flexibility index (Phi) is 8.93. The van der Waals surface area contributed by atoms with Crippen LogP contribution in [0, 0.1) is 0 Å². The highest BCUT2D eigenvalue weighted by molar-refractivity contribution is 6.39. The maximum atomic E-state index is 12.2. The van der Waals surface area contributed by atoms with Crippen molar-refractivity contribution in [2.75, 3.05) is 13.7 Å². The number of allylic oxidation sites excluding steroid dienone is 4. The first-order chi connectivity index (χ1) is 19.2. The number of methoxy groups -OCH3 is 1. The number of esters is 3. The van der Waals surface area contributed by atoms with E-state index >= 15 is 0 Å². The maximum absolute atomic E-state index is 12.2. The molecule has 2 aliphatic heterocycles. The molecule has 1 aromatic carbocycles. The van der Waals surface area contributed by atoms with Crippen LogP contribution in [0.15, 0.2) is 34.9 Å². The van der Waals surface area contributed by atoms with Crippen LogP contribution in [0.25, 0.3) is 0 Å². The molecule has 0 spiro atoms. The van der Waals surface area contributed by atoms with Gasteiger partial charge in [-0.3, -0.25) is 19.2 Å². The lowest BCUT2D eigenvalue weighted by Crippen LogP contribution is -2.63. The van der Waals surface area contributed by atoms with Crippen molar-refractivity contribution in [1.29, 1.82) is 0 Å². The van der Waals surface area contributed by atoms with Gasteiger partial charge in [0.05, 0.1) is 28.1 Å². The molecule has 1 aliphatic carbocycles. The summed E-state index contributed by atoms with van der Waals surface area (Å²) in [5.41, 5.74) is 1.51. The Morgan fingerprint density at radius 1 is 0.976 bits per heavy atom. The Labute approximate surface area is 246 Å². The average Bonchev–Trinajstić information content (AvgIpc) is 2.85. The fourth-order valence-electron chi connectivity index (χ4n) is 5.12. The molecular formula is C28H29Cl2NO10. The van der Waals surface area contributed by atoms with E-state index in [-0.39, 0.29) is 28.2 Å². The van der Waals surface area contributed by atoms with Crippen molar-refractivity contribution in [3.63, 3.8) is 0 Å². The van der Waals surface area contributed by atoms with Crippen LogP contribution in [-0.4, -0.2) is 73.8 Å². The summed E-state index contributed by atoms with van der Waals surface area (Å²) in [6.45, 7) is 7.14. The van der Waals surface area contributed by atoms with E-state index in [2.05, 4.69) is 4.99 Å². The molecule has 0 saturated carbocycles. The van der Waals surface area contributed by atoms with E-state index in [0.717, 1.165) is 13.8 Å². The van der Waals surface area contributed by atoms with Crippen LogP contribution in [0.5, 0.6) is 5.75 Å². The van der Waals surface area contributed by atoms with E-state index in [1.165, 1.54) is 26.2 Å². The molecule has 1 aromatic rings. The molecule has 0 bridgehead atoms. The van der Waals surface area contributed by atoms with Crippen LogP contribution in [0.1, 0.15) is 40.2 Å². The molecule has 0 unspecified atom stereocenters. The summed E-state index contributed by atoms with van der Waals surface area (Å²) >= 11 is 13.6. The van der Waals surface area contributed by atoms with Gasteiger partial charge >= 0.3 is 17.9 Å². The molecule has 0 radical (unpaired) electrons. The summed E-state index contributed by atoms with van der Waals surface area (Å²) in [5, 5.41) is 0.152. The number of benzene rings is 1. The predicted octanol–water partition coefficient (Wildman–Crippen LogP) is 3.97. The van der Waals surface area contributed by atoms with Crippen molar-refractivity contribution < 1.29 is 47.6 Å². The van der Waals surface area contributed by atoms with Crippen molar-refractivity contribution in [2.24, 2.45) is 4.99 Å². The van der Waals surface area contributed by atoms with Crippen molar-refractivity contribution >= 4 is 58.3 Å². The van der Waals surface area contributed by atoms with Crippen LogP contribution in [0.2, 0.25) is 10.0 Å². The number of ether oxygens (including phenoxy) is 6. The quantitative estimate of drug-likeness (QED) is 0.254. The van der Waals surface area contributed by atoms with E-state index in [9.17, 15) is 19.2 Å². The number of fused-ring (bicyclic) bond motifs is 2. The molecule has 220 valence electrons. The zero-order chi connectivity index (χ0) is 30.2. The topological polar surface area (TPSA) is 136 Å². The van der Waals surface area contributed by atoms with E-state index < -0.39 is 54.0 Å². The van der Waals surface area contributed by atoms with Crippen molar-refractivity contribution in [3.8, 4) is 5.75 Å². The Morgan fingerprint density at radius 2 is 1.59 bits per heavy atom. The molecule has 41 heavy (non-hydrogen) atoms. The Hall–Kier alpha value is -3.25. The number of hydrogen-bond donors (Lipinski definition) is 0. The van der Waals surface area contributed by atoms with Crippen molar-refractivity contribution in [2.45, 2.75) is 70.7 Å². The third-order valence-electron chi connectivity index (χ3n) is 6.72. The van der Waals surface area contributed by atoms with Crippen LogP contribution >= 0.6 is 23.2 Å². The van der Waals surface area contributed by atoms with Crippen LogP contribution in [0.3, 0.4) is 0 Å². The van der Waals surface area contributed by atoms with Crippen molar-refractivity contribution in [1.82, 2.24) is 0 Å². The molecular weight excluding hydrogens is 581 g/mol. The smallest absolute Gasteiger partial charge is 0.303 e. The lowest BCUT2D eigenvalue weighted by atomic mass is 9.71. The van der Waals surface area contributed by atoms with Gasteiger partial charge in [-0.05, 0) is 29.9 Å². The second-order valence-corrected chi connectivity index (χ2v) is 10.9. The molecule has 5 atom stereocenters. The zero-order valence-electron chi connectivity index (χ0n) is 23.2. The largest absolute Gasteiger partial charge is 0.458 e. The first-order valence-corrected chi connectivity index (χ1v) is 13.4. The van der Waals surface area contributed by atoms with E-state index in [1.807, 2.05) is 13.8 Å². The SMILES string of the molecule is COC[C@H]1O[C@@H](Oc2c(Cl)cc3c(c2Cl)C(C)(C)C2=CC(=O)C=CC2=N3)[C@H](OC(C)=O)[C@@H](OC(C)=O)[C@H]1OC(C)=O. The number of nitrogens with zero attached hydrogens (tertiary/aromatic N) is 1. The lowest BCUT2D eigenvalue weighted by Gasteiger charge is -2.44. The molecule has 4 rings (SSSR count). The van der Waals surface area contributed by atoms with Gasteiger partial charge in [-0.2, -0.15) is 0 Å². The highest BCUT2D eigenvalue weighted by atomic mass is 35.5. The summed E-state index contributed by atoms with van der Waals surface area (Å²) in [4.78, 5) is 52.9. The van der Waals surface area contributed by atoms with Gasteiger partial charge in [0.15, 0.2) is 23.7 Å². The van der Waals surface area contributed by atoms with Gasteiger partial charge < -0.3 is 28.4 Å². The second kappa shape index (κ2) is 11.9. The molecule has 1 fully saturated rings. The Balaban J connectivity index is 1.81. The first-order valence-electron chi connectivity index (χ1n) is 12.6. The van der Waals surface area contributed by atoms with E-state index in [4.69, 9.17) is 51.6 Å². The average molecular weight is 610 g/mol. The number of aliphatic imine (C=N–C) groups is 1. The van der Waals surface area contributed by atoms with Gasteiger partial charge in [0.25, 0.3) is 0 Å². The summed E-state index contributed by atoms with van der Waals surface area (Å²) in [7, 11) is 1.40. The van der Waals surface area contributed by atoms with Gasteiger partial charge in [-0.15, -0.1) is 0 Å². The summed E-state index contributed by atoms with van der Waals surface area (Å²) < 4.78 is 33.9. The minimum Gasteiger partial charge on any atom is -0.458 e. The molecule has 0 N–H and O–H groups in total. The lowest BCUT2D eigenvalue weighted by molar-refractivity contribution is -0.288. The normalized spacial score (nSPS) is 26.1. The molecule has 13 heteroatoms. The number of carbonyl (C=O) groups is 4. The van der Waals surface area contributed by atoms with Gasteiger partial charge in [-0.25, -0.2) is 4.99 Å². The highest BCUT2D eigenvalue weighted by Gasteiger charge is 2.53.